The fraction of sp³-hybridized carbons (Fsp3) is 0.733. The van der Waals surface area contributed by atoms with Gasteiger partial charge in [-0.25, -0.2) is 8.42 Å². The molecule has 1 aromatic heterocycles. The summed E-state index contributed by atoms with van der Waals surface area (Å²) < 4.78 is 27.6. The van der Waals surface area contributed by atoms with Crippen molar-refractivity contribution in [2.75, 3.05) is 13.6 Å². The van der Waals surface area contributed by atoms with Gasteiger partial charge in [-0.15, -0.1) is 11.3 Å². The summed E-state index contributed by atoms with van der Waals surface area (Å²) in [7, 11) is -1.54. The molecule has 0 aromatic carbocycles. The minimum absolute atomic E-state index is 0.0741. The first kappa shape index (κ1) is 18.6. The molecule has 0 aliphatic carbocycles. The van der Waals surface area contributed by atoms with Crippen LogP contribution in [0.2, 0.25) is 0 Å². The number of nitrogens with one attached hydrogen (secondary N) is 1. The summed E-state index contributed by atoms with van der Waals surface area (Å²) in [6, 6.07) is 1.87. The molecular formula is C15H28N2O2S2. The minimum Gasteiger partial charge on any atom is -0.315 e. The quantitative estimate of drug-likeness (QED) is 0.755. The third-order valence-electron chi connectivity index (χ3n) is 3.48. The van der Waals surface area contributed by atoms with Gasteiger partial charge in [0.05, 0.1) is 4.90 Å². The Morgan fingerprint density at radius 3 is 2.38 bits per heavy atom. The summed E-state index contributed by atoms with van der Waals surface area (Å²) in [6.07, 6.45) is 1.69. The highest BCUT2D eigenvalue weighted by atomic mass is 32.2. The maximum absolute atomic E-state index is 13.0. The lowest BCUT2D eigenvalue weighted by Gasteiger charge is -2.30. The first-order valence-corrected chi connectivity index (χ1v) is 9.92. The molecule has 0 spiro atoms. The zero-order chi connectivity index (χ0) is 16.0. The van der Waals surface area contributed by atoms with Gasteiger partial charge in [-0.3, -0.25) is 0 Å². The molecule has 1 N–H and O–H groups in total. The van der Waals surface area contributed by atoms with Crippen LogP contribution in [0.25, 0.3) is 0 Å². The van der Waals surface area contributed by atoms with E-state index in [4.69, 9.17) is 0 Å². The van der Waals surface area contributed by atoms with E-state index in [1.807, 2.05) is 7.05 Å². The molecule has 21 heavy (non-hydrogen) atoms. The van der Waals surface area contributed by atoms with Gasteiger partial charge in [-0.1, -0.05) is 27.7 Å². The molecular weight excluding hydrogens is 304 g/mol. The van der Waals surface area contributed by atoms with Gasteiger partial charge >= 0.3 is 0 Å². The Hall–Kier alpha value is -0.430. The summed E-state index contributed by atoms with van der Waals surface area (Å²) in [5.74, 6) is 0.316. The van der Waals surface area contributed by atoms with E-state index in [0.717, 1.165) is 17.7 Å². The lowest BCUT2D eigenvalue weighted by molar-refractivity contribution is 0.277. The standard InChI is InChI=1S/C15H28N2O2S2/c1-6-13(7-2)17(10-12(3)4)21(18,19)15-8-14(9-16-5)20-11-15/h8,11-13,16H,6-7,9-10H2,1-5H3. The lowest BCUT2D eigenvalue weighted by Crippen LogP contribution is -2.41. The van der Waals surface area contributed by atoms with E-state index < -0.39 is 10.0 Å². The molecule has 0 saturated carbocycles. The van der Waals surface area contributed by atoms with Gasteiger partial charge in [0, 0.05) is 29.4 Å². The molecule has 0 radical (unpaired) electrons. The SMILES string of the molecule is CCC(CC)N(CC(C)C)S(=O)(=O)c1csc(CNC)c1. The fourth-order valence-electron chi connectivity index (χ4n) is 2.40. The second-order valence-electron chi connectivity index (χ2n) is 5.72. The highest BCUT2D eigenvalue weighted by Crippen LogP contribution is 2.26. The van der Waals surface area contributed by atoms with Crippen LogP contribution in [0.15, 0.2) is 16.3 Å². The van der Waals surface area contributed by atoms with Gasteiger partial charge < -0.3 is 5.32 Å². The minimum atomic E-state index is -3.40. The van der Waals surface area contributed by atoms with Crippen molar-refractivity contribution in [3.63, 3.8) is 0 Å². The first-order chi connectivity index (χ1) is 9.86. The van der Waals surface area contributed by atoms with Crippen molar-refractivity contribution in [2.45, 2.75) is 58.0 Å². The maximum atomic E-state index is 13.0. The van der Waals surface area contributed by atoms with Crippen LogP contribution in [0.1, 0.15) is 45.4 Å². The molecule has 0 bridgehead atoms. The van der Waals surface area contributed by atoms with Crippen molar-refractivity contribution >= 4 is 21.4 Å². The Labute approximate surface area is 133 Å². The summed E-state index contributed by atoms with van der Waals surface area (Å²) in [5.41, 5.74) is 0. The smallest absolute Gasteiger partial charge is 0.244 e. The van der Waals surface area contributed by atoms with Crippen molar-refractivity contribution in [2.24, 2.45) is 5.92 Å². The summed E-state index contributed by atoms with van der Waals surface area (Å²) in [4.78, 5) is 1.48. The van der Waals surface area contributed by atoms with Crippen LogP contribution in [0.3, 0.4) is 0 Å². The molecule has 0 atom stereocenters. The predicted molar refractivity (Wildman–Crippen MR) is 90.2 cm³/mol. The van der Waals surface area contributed by atoms with Gasteiger partial charge in [0.2, 0.25) is 10.0 Å². The number of rotatable bonds is 9. The average Bonchev–Trinajstić information content (AvgIpc) is 2.88. The van der Waals surface area contributed by atoms with Crippen LogP contribution in [-0.4, -0.2) is 32.4 Å². The van der Waals surface area contributed by atoms with Crippen molar-refractivity contribution in [1.82, 2.24) is 9.62 Å². The lowest BCUT2D eigenvalue weighted by atomic mass is 10.1. The molecule has 0 saturated heterocycles. The van der Waals surface area contributed by atoms with Gasteiger partial charge in [-0.05, 0) is 31.9 Å². The van der Waals surface area contributed by atoms with Gasteiger partial charge in [0.1, 0.15) is 0 Å². The number of sulfonamides is 1. The summed E-state index contributed by atoms with van der Waals surface area (Å²) >= 11 is 1.50. The van der Waals surface area contributed by atoms with E-state index in [0.29, 0.717) is 23.9 Å². The van der Waals surface area contributed by atoms with E-state index in [1.165, 1.54) is 11.3 Å². The van der Waals surface area contributed by atoms with Crippen LogP contribution in [0.5, 0.6) is 0 Å². The average molecular weight is 333 g/mol. The highest BCUT2D eigenvalue weighted by molar-refractivity contribution is 7.89. The zero-order valence-electron chi connectivity index (χ0n) is 13.7. The molecule has 4 nitrogen and oxygen atoms in total. The largest absolute Gasteiger partial charge is 0.315 e. The molecule has 1 rings (SSSR count). The van der Waals surface area contributed by atoms with Crippen molar-refractivity contribution in [1.29, 1.82) is 0 Å². The number of hydrogen-bond acceptors (Lipinski definition) is 4. The third-order valence-corrected chi connectivity index (χ3v) is 6.46. The van der Waals surface area contributed by atoms with E-state index in [2.05, 4.69) is 33.0 Å². The Morgan fingerprint density at radius 1 is 1.29 bits per heavy atom. The third kappa shape index (κ3) is 4.77. The number of thiophene rings is 1. The van der Waals surface area contributed by atoms with Crippen LogP contribution >= 0.6 is 11.3 Å². The Bertz CT molecular complexity index is 520. The molecule has 0 fully saturated rings. The van der Waals surface area contributed by atoms with Crippen LogP contribution in [-0.2, 0) is 16.6 Å². The summed E-state index contributed by atoms with van der Waals surface area (Å²) in [6.45, 7) is 9.51. The molecule has 1 aromatic rings. The summed E-state index contributed by atoms with van der Waals surface area (Å²) in [5, 5.41) is 4.82. The molecule has 122 valence electrons. The van der Waals surface area contributed by atoms with E-state index in [1.54, 1.807) is 15.8 Å². The predicted octanol–water partition coefficient (Wildman–Crippen LogP) is 3.30. The van der Waals surface area contributed by atoms with Crippen LogP contribution in [0.4, 0.5) is 0 Å². The van der Waals surface area contributed by atoms with E-state index >= 15 is 0 Å². The molecule has 0 unspecified atom stereocenters. The Morgan fingerprint density at radius 2 is 1.90 bits per heavy atom. The van der Waals surface area contributed by atoms with Crippen LogP contribution < -0.4 is 5.32 Å². The second kappa shape index (κ2) is 8.27. The number of hydrogen-bond donors (Lipinski definition) is 1. The fourth-order valence-corrected chi connectivity index (χ4v) is 5.61. The molecule has 1 heterocycles. The Kier molecular flexibility index (Phi) is 7.33. The molecule has 0 amide bonds. The van der Waals surface area contributed by atoms with Crippen molar-refractivity contribution < 1.29 is 8.42 Å². The molecule has 0 aliphatic rings. The van der Waals surface area contributed by atoms with Gasteiger partial charge in [0.15, 0.2) is 0 Å². The van der Waals surface area contributed by atoms with Crippen LogP contribution in [0, 0.1) is 5.92 Å². The van der Waals surface area contributed by atoms with Crippen molar-refractivity contribution in [3.05, 3.63) is 16.3 Å². The topological polar surface area (TPSA) is 49.4 Å². The maximum Gasteiger partial charge on any atom is 0.244 e. The van der Waals surface area contributed by atoms with E-state index in [9.17, 15) is 8.42 Å². The van der Waals surface area contributed by atoms with E-state index in [-0.39, 0.29) is 6.04 Å². The van der Waals surface area contributed by atoms with Crippen molar-refractivity contribution in [3.8, 4) is 0 Å². The first-order valence-electron chi connectivity index (χ1n) is 7.60. The van der Waals surface area contributed by atoms with Gasteiger partial charge in [0.25, 0.3) is 0 Å². The normalized spacial score (nSPS) is 12.8. The molecule has 6 heteroatoms. The Balaban J connectivity index is 3.12. The second-order valence-corrected chi connectivity index (χ2v) is 8.60. The highest BCUT2D eigenvalue weighted by Gasteiger charge is 2.30. The molecule has 0 aliphatic heterocycles. The number of nitrogens with zero attached hydrogens (tertiary/aromatic N) is 1. The van der Waals surface area contributed by atoms with Gasteiger partial charge in [-0.2, -0.15) is 4.31 Å². The monoisotopic (exact) mass is 332 g/mol. The zero-order valence-corrected chi connectivity index (χ0v) is 15.4.